The molecule has 0 aromatic carbocycles. The van der Waals surface area contributed by atoms with Gasteiger partial charge in [0.25, 0.3) is 0 Å². The summed E-state index contributed by atoms with van der Waals surface area (Å²) in [7, 11) is -9.69. The van der Waals surface area contributed by atoms with Crippen molar-refractivity contribution in [3.63, 3.8) is 0 Å². The molecule has 39 heavy (non-hydrogen) atoms. The number of aliphatic hydroxyl groups is 1. The van der Waals surface area contributed by atoms with E-state index in [9.17, 15) is 31.0 Å². The van der Waals surface area contributed by atoms with Crippen LogP contribution in [0.5, 0.6) is 0 Å². The van der Waals surface area contributed by atoms with E-state index in [0.29, 0.717) is 24.2 Å². The molecule has 0 aromatic rings. The molecule has 4 aliphatic rings. The smallest absolute Gasteiger partial charge is 0.726 e. The molecule has 0 aliphatic heterocycles. The van der Waals surface area contributed by atoms with Crippen LogP contribution in [0.25, 0.3) is 0 Å². The summed E-state index contributed by atoms with van der Waals surface area (Å²) in [5, 5.41) is 10.8. The molecule has 0 saturated heterocycles. The topological polar surface area (TPSA) is 153 Å². The normalized spacial score (nSPS) is 39.1. The molecule has 0 amide bonds. The number of hydrogen-bond acceptors (Lipinski definition) is 9. The summed E-state index contributed by atoms with van der Waals surface area (Å²) in [4.78, 5) is 0. The average molecular weight is 607 g/mol. The van der Waals surface area contributed by atoms with Crippen LogP contribution in [-0.2, 0) is 29.2 Å². The van der Waals surface area contributed by atoms with Crippen molar-refractivity contribution in [1.29, 1.82) is 0 Å². The summed E-state index contributed by atoms with van der Waals surface area (Å²) in [5.74, 6) is 1.39. The molecule has 4 aliphatic carbocycles. The van der Waals surface area contributed by atoms with E-state index in [1.807, 2.05) is 6.08 Å². The quantitative estimate of drug-likeness (QED) is 0.139. The predicted octanol–water partition coefficient (Wildman–Crippen LogP) is -2.31. The van der Waals surface area contributed by atoms with Crippen LogP contribution >= 0.6 is 0 Å². The minimum absolute atomic E-state index is 0. The Kier molecular flexibility index (Phi) is 12.5. The van der Waals surface area contributed by atoms with Crippen molar-refractivity contribution < 1.29 is 98.5 Å². The molecule has 1 N–H and O–H groups in total. The van der Waals surface area contributed by atoms with E-state index < -0.39 is 33.0 Å². The molecule has 13 heteroatoms. The second-order valence-corrected chi connectivity index (χ2v) is 14.6. The Balaban J connectivity index is 0.00000267. The van der Waals surface area contributed by atoms with E-state index in [1.54, 1.807) is 0 Å². The Morgan fingerprint density at radius 3 is 2.31 bits per heavy atom. The van der Waals surface area contributed by atoms with Crippen molar-refractivity contribution in [3.05, 3.63) is 23.8 Å². The Labute approximate surface area is 278 Å². The van der Waals surface area contributed by atoms with E-state index in [4.69, 9.17) is 4.18 Å². The van der Waals surface area contributed by atoms with Gasteiger partial charge in [0, 0.05) is 5.92 Å². The van der Waals surface area contributed by atoms with Gasteiger partial charge in [-0.2, -0.15) is 0 Å². The minimum atomic E-state index is -4.91. The summed E-state index contributed by atoms with van der Waals surface area (Å²) in [6, 6.07) is 0. The van der Waals surface area contributed by atoms with Gasteiger partial charge in [-0.15, -0.1) is 0 Å². The second-order valence-electron chi connectivity index (χ2n) is 12.5. The fourth-order valence-corrected chi connectivity index (χ4v) is 9.32. The number of rotatable bonds is 8. The fourth-order valence-electron chi connectivity index (χ4n) is 8.50. The van der Waals surface area contributed by atoms with E-state index in [2.05, 4.69) is 44.0 Å². The van der Waals surface area contributed by atoms with Crippen molar-refractivity contribution in [2.75, 3.05) is 6.61 Å². The van der Waals surface area contributed by atoms with Crippen LogP contribution in [0, 0.1) is 46.3 Å². The predicted molar refractivity (Wildman–Crippen MR) is 134 cm³/mol. The van der Waals surface area contributed by atoms with Crippen molar-refractivity contribution in [1.82, 2.24) is 0 Å². The van der Waals surface area contributed by atoms with Gasteiger partial charge in [-0.25, -0.2) is 16.8 Å². The maximum Gasteiger partial charge on any atom is 1.00 e. The zero-order chi connectivity index (χ0) is 27.4. The van der Waals surface area contributed by atoms with Gasteiger partial charge in [0.05, 0.1) is 12.7 Å². The molecule has 9 atom stereocenters. The van der Waals surface area contributed by atoms with Crippen LogP contribution in [-0.4, -0.2) is 49.9 Å². The van der Waals surface area contributed by atoms with E-state index in [1.165, 1.54) is 0 Å². The van der Waals surface area contributed by atoms with Gasteiger partial charge in [0.1, 0.15) is 6.10 Å². The molecule has 212 valence electrons. The van der Waals surface area contributed by atoms with Crippen LogP contribution in [0.2, 0.25) is 0 Å². The molecule has 3 fully saturated rings. The Hall–Kier alpha value is 1.18. The van der Waals surface area contributed by atoms with E-state index >= 15 is 0 Å². The summed E-state index contributed by atoms with van der Waals surface area (Å²) >= 11 is 0. The first kappa shape index (κ1) is 36.4. The van der Waals surface area contributed by atoms with Crippen molar-refractivity contribution >= 4 is 20.8 Å². The second kappa shape index (κ2) is 13.4. The molecule has 0 aromatic heterocycles. The van der Waals surface area contributed by atoms with Gasteiger partial charge < -0.3 is 14.2 Å². The van der Waals surface area contributed by atoms with Gasteiger partial charge in [0.2, 0.25) is 20.8 Å². The van der Waals surface area contributed by atoms with Gasteiger partial charge in [-0.1, -0.05) is 51.5 Å². The minimum Gasteiger partial charge on any atom is -0.726 e. The standard InChI is InChI=1S/C26H42O9S2.2Na/c1-16(2)5-6-17(15-34-36(28,29)30)20-9-10-21-19-8-7-18-13-24(35-37(31,32)33)23(27)14-26(18,4)22(19)11-12-25(20,21)3;;/h5-7,16-17,19-24,27H,8-15H2,1-4H3,(H,28,29,30)(H,31,32,33);;/q;2*+1/p-2/b6-5+;;/t17-,19?,20+,21?,22?,23-,24-,25+,26-;;/m0../s1. The van der Waals surface area contributed by atoms with Crippen LogP contribution in [0.3, 0.4) is 0 Å². The molecule has 0 spiro atoms. The molecular weight excluding hydrogens is 566 g/mol. The average Bonchev–Trinajstić information content (AvgIpc) is 3.10. The number of allylic oxidation sites excluding steroid dienone is 2. The number of hydrogen-bond donors (Lipinski definition) is 1. The molecule has 3 saturated carbocycles. The summed E-state index contributed by atoms with van der Waals surface area (Å²) in [6.07, 6.45) is 9.38. The molecule has 3 unspecified atom stereocenters. The zero-order valence-corrected chi connectivity index (χ0v) is 29.7. The van der Waals surface area contributed by atoms with E-state index in [-0.39, 0.29) is 101 Å². The largest absolute Gasteiger partial charge is 1.00 e. The number of aliphatic hydroxyl groups excluding tert-OH is 1. The van der Waals surface area contributed by atoms with Gasteiger partial charge in [0.15, 0.2) is 0 Å². The third kappa shape index (κ3) is 8.02. The van der Waals surface area contributed by atoms with Crippen LogP contribution < -0.4 is 59.1 Å². The van der Waals surface area contributed by atoms with E-state index in [0.717, 1.165) is 37.7 Å². The molecule has 0 bridgehead atoms. The SMILES string of the molecule is CC(C)/C=C/[C@@H](COS(=O)(=O)[O-])[C@H]1CCC2C3CC=C4C[C@H](OS(=O)(=O)[O-])[C@@H](O)C[C@]4(C)C3CC[C@@]21C.[Na+].[Na+]. The number of fused-ring (bicyclic) bond motifs is 5. The Bertz CT molecular complexity index is 1140. The summed E-state index contributed by atoms with van der Waals surface area (Å²) in [6.45, 7) is 8.41. The van der Waals surface area contributed by atoms with Gasteiger partial charge >= 0.3 is 59.1 Å². The molecule has 0 heterocycles. The van der Waals surface area contributed by atoms with Crippen molar-refractivity contribution in [2.24, 2.45) is 46.3 Å². The zero-order valence-electron chi connectivity index (χ0n) is 24.0. The molecule has 9 nitrogen and oxygen atoms in total. The maximum atomic E-state index is 11.2. The molecular formula is C26H40Na2O9S2. The molecule has 0 radical (unpaired) electrons. The molecule has 4 rings (SSSR count). The van der Waals surface area contributed by atoms with Crippen molar-refractivity contribution in [2.45, 2.75) is 84.8 Å². The fraction of sp³-hybridized carbons (Fsp3) is 0.846. The van der Waals surface area contributed by atoms with Gasteiger partial charge in [-0.05, 0) is 85.4 Å². The Morgan fingerprint density at radius 2 is 1.72 bits per heavy atom. The summed E-state index contributed by atoms with van der Waals surface area (Å²) < 4.78 is 76.7. The Morgan fingerprint density at radius 1 is 1.05 bits per heavy atom. The third-order valence-electron chi connectivity index (χ3n) is 10.1. The first-order chi connectivity index (χ1) is 17.0. The van der Waals surface area contributed by atoms with Gasteiger partial charge in [-0.3, -0.25) is 8.37 Å². The maximum absolute atomic E-state index is 11.2. The monoisotopic (exact) mass is 606 g/mol. The summed E-state index contributed by atoms with van der Waals surface area (Å²) in [5.41, 5.74) is 0.725. The first-order valence-electron chi connectivity index (χ1n) is 13.3. The van der Waals surface area contributed by atoms with Crippen LogP contribution in [0.4, 0.5) is 0 Å². The third-order valence-corrected chi connectivity index (χ3v) is 11.0. The van der Waals surface area contributed by atoms with Crippen LogP contribution in [0.1, 0.15) is 72.6 Å². The first-order valence-corrected chi connectivity index (χ1v) is 16.0. The van der Waals surface area contributed by atoms with Crippen LogP contribution in [0.15, 0.2) is 23.8 Å². The van der Waals surface area contributed by atoms with Crippen molar-refractivity contribution in [3.8, 4) is 0 Å².